The first-order valence-electron chi connectivity index (χ1n) is 7.52. The number of carbonyl (C=O) groups is 1. The zero-order valence-electron chi connectivity index (χ0n) is 13.1. The third-order valence-corrected chi connectivity index (χ3v) is 4.71. The van der Waals surface area contributed by atoms with Gasteiger partial charge in [0.25, 0.3) is 5.91 Å². The monoisotopic (exact) mass is 358 g/mol. The summed E-state index contributed by atoms with van der Waals surface area (Å²) in [5, 5.41) is 11.4. The molecule has 3 rings (SSSR count). The number of hydrogen-bond donors (Lipinski definition) is 2. The summed E-state index contributed by atoms with van der Waals surface area (Å²) in [7, 11) is 0. The van der Waals surface area contributed by atoms with E-state index in [0.29, 0.717) is 0 Å². The number of aromatic nitrogens is 2. The van der Waals surface area contributed by atoms with Crippen LogP contribution in [0.3, 0.4) is 0 Å². The Labute approximate surface area is 140 Å². The summed E-state index contributed by atoms with van der Waals surface area (Å²) >= 11 is 1.40. The number of fused-ring (bicyclic) bond motifs is 1. The Morgan fingerprint density at radius 2 is 2.25 bits per heavy atom. The van der Waals surface area contributed by atoms with Gasteiger partial charge in [0.1, 0.15) is 5.82 Å². The van der Waals surface area contributed by atoms with Gasteiger partial charge in [0, 0.05) is 23.4 Å². The first-order valence-corrected chi connectivity index (χ1v) is 8.40. The first kappa shape index (κ1) is 16.8. The largest absolute Gasteiger partial charge is 0.410 e. The van der Waals surface area contributed by atoms with E-state index in [4.69, 9.17) is 0 Å². The van der Waals surface area contributed by atoms with Crippen molar-refractivity contribution >= 4 is 23.1 Å². The third kappa shape index (κ3) is 3.26. The molecule has 0 aliphatic carbocycles. The normalized spacial score (nSPS) is 20.6. The van der Waals surface area contributed by atoms with Crippen molar-refractivity contribution < 1.29 is 18.0 Å². The van der Waals surface area contributed by atoms with Gasteiger partial charge in [0.15, 0.2) is 11.7 Å². The topological polar surface area (TPSA) is 59.0 Å². The van der Waals surface area contributed by atoms with Crippen LogP contribution in [-0.4, -0.2) is 27.9 Å². The summed E-state index contributed by atoms with van der Waals surface area (Å²) in [6, 6.07) is 2.63. The van der Waals surface area contributed by atoms with Crippen LogP contribution in [0.1, 0.15) is 47.7 Å². The summed E-state index contributed by atoms with van der Waals surface area (Å²) in [5.41, 5.74) is -0.0210. The fourth-order valence-corrected chi connectivity index (χ4v) is 3.49. The van der Waals surface area contributed by atoms with Crippen LogP contribution in [0.15, 0.2) is 23.6 Å². The van der Waals surface area contributed by atoms with Gasteiger partial charge in [-0.3, -0.25) is 4.79 Å². The second kappa shape index (κ2) is 6.12. The van der Waals surface area contributed by atoms with Gasteiger partial charge in [-0.2, -0.15) is 18.3 Å². The van der Waals surface area contributed by atoms with Crippen LogP contribution < -0.4 is 10.6 Å². The number of anilines is 1. The molecule has 5 nitrogen and oxygen atoms in total. The molecule has 0 saturated heterocycles. The van der Waals surface area contributed by atoms with E-state index in [0.717, 1.165) is 9.56 Å². The molecule has 9 heteroatoms. The fraction of sp³-hybridized carbons (Fsp3) is 0.467. The number of carbonyl (C=O) groups excluding carboxylic acids is 1. The Bertz CT molecular complexity index is 724. The predicted octanol–water partition coefficient (Wildman–Crippen LogP) is 3.74. The van der Waals surface area contributed by atoms with E-state index in [1.807, 2.05) is 5.38 Å². The third-order valence-electron chi connectivity index (χ3n) is 3.73. The van der Waals surface area contributed by atoms with Gasteiger partial charge < -0.3 is 10.6 Å². The molecule has 0 saturated carbocycles. The number of thiophene rings is 1. The maximum atomic E-state index is 13.5. The summed E-state index contributed by atoms with van der Waals surface area (Å²) < 4.78 is 41.3. The molecule has 1 amide bonds. The lowest BCUT2D eigenvalue weighted by Gasteiger charge is -2.32. The van der Waals surface area contributed by atoms with Crippen LogP contribution in [0.4, 0.5) is 19.0 Å². The Kier molecular flexibility index (Phi) is 4.29. The second-order valence-corrected chi connectivity index (χ2v) is 6.97. The number of halogens is 3. The number of amides is 1. The molecule has 24 heavy (non-hydrogen) atoms. The molecule has 2 aromatic rings. The molecule has 2 N–H and O–H groups in total. The van der Waals surface area contributed by atoms with Crippen molar-refractivity contribution in [2.24, 2.45) is 0 Å². The molecule has 130 valence electrons. The molecule has 1 aliphatic rings. The van der Waals surface area contributed by atoms with Crippen LogP contribution in [-0.2, 0) is 0 Å². The van der Waals surface area contributed by atoms with Gasteiger partial charge in [-0.1, -0.05) is 6.07 Å². The molecule has 1 aliphatic heterocycles. The SMILES string of the molecule is CC(C)NC(=O)c1cc2n(n1)[C@@H](C(F)(F)F)C[C@@H](c1cccs1)N2. The highest BCUT2D eigenvalue weighted by molar-refractivity contribution is 7.10. The molecule has 0 radical (unpaired) electrons. The number of nitrogens with one attached hydrogen (secondary N) is 2. The van der Waals surface area contributed by atoms with E-state index < -0.39 is 24.2 Å². The maximum absolute atomic E-state index is 13.5. The van der Waals surface area contributed by atoms with Gasteiger partial charge in [-0.25, -0.2) is 4.68 Å². The second-order valence-electron chi connectivity index (χ2n) is 5.99. The highest BCUT2D eigenvalue weighted by Gasteiger charge is 2.47. The number of rotatable bonds is 3. The molecule has 0 aromatic carbocycles. The van der Waals surface area contributed by atoms with Gasteiger partial charge in [-0.05, 0) is 25.3 Å². The van der Waals surface area contributed by atoms with Crippen molar-refractivity contribution in [3.05, 3.63) is 34.2 Å². The van der Waals surface area contributed by atoms with Crippen LogP contribution in [0.25, 0.3) is 0 Å². The zero-order valence-corrected chi connectivity index (χ0v) is 13.9. The molecule has 0 bridgehead atoms. The molecule has 3 heterocycles. The highest BCUT2D eigenvalue weighted by Crippen LogP contribution is 2.44. The van der Waals surface area contributed by atoms with Gasteiger partial charge in [0.2, 0.25) is 0 Å². The molecule has 0 fully saturated rings. The van der Waals surface area contributed by atoms with E-state index >= 15 is 0 Å². The minimum Gasteiger partial charge on any atom is -0.363 e. The van der Waals surface area contributed by atoms with Crippen molar-refractivity contribution in [2.45, 2.75) is 44.6 Å². The maximum Gasteiger partial charge on any atom is 0.410 e. The van der Waals surface area contributed by atoms with Crippen LogP contribution >= 0.6 is 11.3 Å². The summed E-state index contributed by atoms with van der Waals surface area (Å²) in [6.45, 7) is 3.55. The summed E-state index contributed by atoms with van der Waals surface area (Å²) in [4.78, 5) is 12.9. The quantitative estimate of drug-likeness (QED) is 0.879. The Morgan fingerprint density at radius 3 is 2.83 bits per heavy atom. The molecular weight excluding hydrogens is 341 g/mol. The lowest BCUT2D eigenvalue weighted by molar-refractivity contribution is -0.173. The van der Waals surface area contributed by atoms with Gasteiger partial charge >= 0.3 is 6.18 Å². The van der Waals surface area contributed by atoms with E-state index in [2.05, 4.69) is 15.7 Å². The summed E-state index contributed by atoms with van der Waals surface area (Å²) in [6.07, 6.45) is -4.60. The fourth-order valence-electron chi connectivity index (χ4n) is 2.70. The smallest absolute Gasteiger partial charge is 0.363 e. The van der Waals surface area contributed by atoms with Gasteiger partial charge in [0.05, 0.1) is 6.04 Å². The molecule has 0 spiro atoms. The number of nitrogens with zero attached hydrogens (tertiary/aromatic N) is 2. The first-order chi connectivity index (χ1) is 11.3. The average molecular weight is 358 g/mol. The van der Waals surface area contributed by atoms with Crippen LogP contribution in [0.5, 0.6) is 0 Å². The molecule has 2 atom stereocenters. The van der Waals surface area contributed by atoms with Crippen molar-refractivity contribution in [2.75, 3.05) is 5.32 Å². The van der Waals surface area contributed by atoms with Crippen molar-refractivity contribution in [3.63, 3.8) is 0 Å². The number of hydrogen-bond acceptors (Lipinski definition) is 4. The Morgan fingerprint density at radius 1 is 1.50 bits per heavy atom. The minimum atomic E-state index is -4.44. The van der Waals surface area contributed by atoms with Crippen molar-refractivity contribution in [3.8, 4) is 0 Å². The van der Waals surface area contributed by atoms with E-state index in [9.17, 15) is 18.0 Å². The highest BCUT2D eigenvalue weighted by atomic mass is 32.1. The molecule has 2 aromatic heterocycles. The number of alkyl halides is 3. The van der Waals surface area contributed by atoms with E-state index in [-0.39, 0.29) is 24.0 Å². The van der Waals surface area contributed by atoms with Crippen LogP contribution in [0.2, 0.25) is 0 Å². The lowest BCUT2D eigenvalue weighted by atomic mass is 10.0. The summed E-state index contributed by atoms with van der Waals surface area (Å²) in [5.74, 6) is -0.279. The standard InChI is InChI=1S/C15H17F3N4OS/c1-8(2)19-14(23)10-7-13-20-9(11-4-3-5-24-11)6-12(15(16,17)18)22(13)21-10/h3-5,7-9,12,20H,6H2,1-2H3,(H,19,23)/t9-,12+/m0/s1. The Hall–Kier alpha value is -2.03. The van der Waals surface area contributed by atoms with E-state index in [1.165, 1.54) is 17.4 Å². The molecule has 0 unspecified atom stereocenters. The van der Waals surface area contributed by atoms with Gasteiger partial charge in [-0.15, -0.1) is 11.3 Å². The zero-order chi connectivity index (χ0) is 17.5. The Balaban J connectivity index is 1.95. The predicted molar refractivity (Wildman–Crippen MR) is 85.2 cm³/mol. The van der Waals surface area contributed by atoms with E-state index in [1.54, 1.807) is 26.0 Å². The van der Waals surface area contributed by atoms with Crippen LogP contribution in [0, 0.1) is 0 Å². The average Bonchev–Trinajstić information content (AvgIpc) is 3.13. The molecular formula is C15H17F3N4OS. The van der Waals surface area contributed by atoms with Crippen molar-refractivity contribution in [1.82, 2.24) is 15.1 Å². The van der Waals surface area contributed by atoms with Crippen molar-refractivity contribution in [1.29, 1.82) is 0 Å². The minimum absolute atomic E-state index is 0.0210. The lowest BCUT2D eigenvalue weighted by Crippen LogP contribution is -2.35.